The summed E-state index contributed by atoms with van der Waals surface area (Å²) in [6.07, 6.45) is 3.36. The van der Waals surface area contributed by atoms with E-state index in [1.54, 1.807) is 12.5 Å². The van der Waals surface area contributed by atoms with Gasteiger partial charge in [0.05, 0.1) is 19.4 Å². The van der Waals surface area contributed by atoms with E-state index in [0.29, 0.717) is 13.2 Å². The molecule has 1 atom stereocenters. The van der Waals surface area contributed by atoms with E-state index in [1.165, 1.54) is 0 Å². The molecular formula is C10H9ClN6O. The second kappa shape index (κ2) is 3.63. The van der Waals surface area contributed by atoms with Crippen LogP contribution >= 0.6 is 11.6 Å². The van der Waals surface area contributed by atoms with Gasteiger partial charge in [0.2, 0.25) is 5.28 Å². The van der Waals surface area contributed by atoms with Crippen molar-refractivity contribution in [1.29, 1.82) is 0 Å². The first-order chi connectivity index (χ1) is 8.84. The second-order valence-electron chi connectivity index (χ2n) is 4.19. The van der Waals surface area contributed by atoms with Crippen LogP contribution in [-0.2, 0) is 4.74 Å². The van der Waals surface area contributed by atoms with Gasteiger partial charge in [-0.2, -0.15) is 4.98 Å². The maximum atomic E-state index is 5.89. The van der Waals surface area contributed by atoms with Crippen molar-refractivity contribution in [3.63, 3.8) is 0 Å². The van der Waals surface area contributed by atoms with Gasteiger partial charge in [-0.25, -0.2) is 4.98 Å². The third kappa shape index (κ3) is 1.28. The molecule has 8 heteroatoms. The van der Waals surface area contributed by atoms with E-state index >= 15 is 0 Å². The van der Waals surface area contributed by atoms with Crippen LogP contribution in [0, 0.1) is 0 Å². The van der Waals surface area contributed by atoms with Crippen LogP contribution in [0.5, 0.6) is 0 Å². The van der Waals surface area contributed by atoms with Gasteiger partial charge in [0.15, 0.2) is 11.6 Å². The van der Waals surface area contributed by atoms with Gasteiger partial charge in [-0.3, -0.25) is 4.57 Å². The highest BCUT2D eigenvalue weighted by Crippen LogP contribution is 2.37. The van der Waals surface area contributed by atoms with Crippen molar-refractivity contribution in [2.75, 3.05) is 24.7 Å². The van der Waals surface area contributed by atoms with Crippen LogP contribution in [0.4, 0.5) is 5.82 Å². The molecule has 2 aliphatic heterocycles. The number of hydrogen-bond donors (Lipinski definition) is 0. The molecule has 7 nitrogen and oxygen atoms in total. The SMILES string of the molecule is Clc1ncc2c(n1)N1CCOCC1c1nncn1-2. The Morgan fingerprint density at radius 1 is 1.44 bits per heavy atom. The van der Waals surface area contributed by atoms with Gasteiger partial charge in [-0.1, -0.05) is 0 Å². The van der Waals surface area contributed by atoms with E-state index in [4.69, 9.17) is 16.3 Å². The molecule has 0 saturated carbocycles. The molecule has 4 heterocycles. The van der Waals surface area contributed by atoms with Crippen LogP contribution in [0.1, 0.15) is 11.9 Å². The zero-order chi connectivity index (χ0) is 12.1. The Morgan fingerprint density at radius 3 is 3.33 bits per heavy atom. The maximum Gasteiger partial charge on any atom is 0.224 e. The standard InChI is InChI=1S/C10H9ClN6O/c11-10-12-3-6-8(14-10)16-1-2-18-4-7(16)9-15-13-5-17(6)9/h3,5,7H,1-2,4H2. The van der Waals surface area contributed by atoms with Crippen LogP contribution in [0.25, 0.3) is 5.69 Å². The number of ether oxygens (including phenoxy) is 1. The highest BCUT2D eigenvalue weighted by Gasteiger charge is 2.36. The quantitative estimate of drug-likeness (QED) is 0.649. The normalized spacial score (nSPS) is 21.2. The minimum absolute atomic E-state index is 0.0414. The summed E-state index contributed by atoms with van der Waals surface area (Å²) in [7, 11) is 0. The fourth-order valence-corrected chi connectivity index (χ4v) is 2.58. The Balaban J connectivity index is 1.97. The molecule has 18 heavy (non-hydrogen) atoms. The molecule has 2 aliphatic rings. The molecule has 0 radical (unpaired) electrons. The van der Waals surface area contributed by atoms with Crippen LogP contribution in [0.3, 0.4) is 0 Å². The van der Waals surface area contributed by atoms with Crippen LogP contribution < -0.4 is 4.90 Å². The number of rotatable bonds is 0. The average Bonchev–Trinajstić information content (AvgIpc) is 2.88. The lowest BCUT2D eigenvalue weighted by Crippen LogP contribution is -2.44. The summed E-state index contributed by atoms with van der Waals surface area (Å²) in [5.74, 6) is 1.67. The molecule has 1 saturated heterocycles. The highest BCUT2D eigenvalue weighted by atomic mass is 35.5. The summed E-state index contributed by atoms with van der Waals surface area (Å²) in [5.41, 5.74) is 0.859. The first kappa shape index (κ1) is 10.2. The van der Waals surface area contributed by atoms with Crippen LogP contribution in [0.2, 0.25) is 5.28 Å². The summed E-state index contributed by atoms with van der Waals surface area (Å²) in [5, 5.41) is 8.37. The Hall–Kier alpha value is -1.73. The third-order valence-corrected chi connectivity index (χ3v) is 3.43. The lowest BCUT2D eigenvalue weighted by molar-refractivity contribution is 0.0894. The van der Waals surface area contributed by atoms with Crippen molar-refractivity contribution in [1.82, 2.24) is 24.7 Å². The summed E-state index contributed by atoms with van der Waals surface area (Å²) < 4.78 is 7.40. The van der Waals surface area contributed by atoms with Gasteiger partial charge in [-0.05, 0) is 11.6 Å². The molecular weight excluding hydrogens is 256 g/mol. The largest absolute Gasteiger partial charge is 0.377 e. The Labute approximate surface area is 107 Å². The van der Waals surface area contributed by atoms with Gasteiger partial charge in [0, 0.05) is 6.54 Å². The van der Waals surface area contributed by atoms with Crippen molar-refractivity contribution >= 4 is 17.4 Å². The molecule has 0 aromatic carbocycles. The number of aromatic nitrogens is 5. The predicted octanol–water partition coefficient (Wildman–Crippen LogP) is 0.602. The van der Waals surface area contributed by atoms with E-state index in [2.05, 4.69) is 25.1 Å². The monoisotopic (exact) mass is 264 g/mol. The summed E-state index contributed by atoms with van der Waals surface area (Å²) in [4.78, 5) is 10.5. The van der Waals surface area contributed by atoms with Gasteiger partial charge >= 0.3 is 0 Å². The number of morpholine rings is 1. The van der Waals surface area contributed by atoms with Gasteiger partial charge in [-0.15, -0.1) is 10.2 Å². The van der Waals surface area contributed by atoms with Gasteiger partial charge in [0.1, 0.15) is 18.1 Å². The number of fused-ring (bicyclic) bond motifs is 6. The smallest absolute Gasteiger partial charge is 0.224 e. The molecule has 0 amide bonds. The van der Waals surface area contributed by atoms with Gasteiger partial charge < -0.3 is 9.64 Å². The number of halogens is 1. The first-order valence-electron chi connectivity index (χ1n) is 5.62. The van der Waals surface area contributed by atoms with E-state index in [9.17, 15) is 0 Å². The number of hydrogen-bond acceptors (Lipinski definition) is 6. The van der Waals surface area contributed by atoms with E-state index < -0.39 is 0 Å². The van der Waals surface area contributed by atoms with Crippen molar-refractivity contribution < 1.29 is 4.74 Å². The molecule has 1 unspecified atom stereocenters. The first-order valence-corrected chi connectivity index (χ1v) is 5.99. The molecule has 0 aliphatic carbocycles. The van der Waals surface area contributed by atoms with Gasteiger partial charge in [0.25, 0.3) is 0 Å². The molecule has 92 valence electrons. The van der Waals surface area contributed by atoms with Crippen LogP contribution in [0.15, 0.2) is 12.5 Å². The number of anilines is 1. The van der Waals surface area contributed by atoms with Crippen molar-refractivity contribution in [3.8, 4) is 5.69 Å². The minimum Gasteiger partial charge on any atom is -0.377 e. The topological polar surface area (TPSA) is 69.0 Å². The molecule has 2 aromatic rings. The van der Waals surface area contributed by atoms with Crippen molar-refractivity contribution in [2.45, 2.75) is 6.04 Å². The summed E-state index contributed by atoms with van der Waals surface area (Å²) >= 11 is 5.89. The second-order valence-corrected chi connectivity index (χ2v) is 4.53. The maximum absolute atomic E-state index is 5.89. The zero-order valence-electron chi connectivity index (χ0n) is 9.32. The lowest BCUT2D eigenvalue weighted by atomic mass is 10.1. The third-order valence-electron chi connectivity index (χ3n) is 3.25. The fourth-order valence-electron chi connectivity index (χ4n) is 2.45. The Kier molecular flexibility index (Phi) is 2.06. The average molecular weight is 265 g/mol. The van der Waals surface area contributed by atoms with E-state index in [-0.39, 0.29) is 11.3 Å². The Morgan fingerprint density at radius 2 is 2.39 bits per heavy atom. The molecule has 0 spiro atoms. The predicted molar refractivity (Wildman–Crippen MR) is 62.9 cm³/mol. The molecule has 2 aromatic heterocycles. The Bertz CT molecular complexity index is 614. The zero-order valence-corrected chi connectivity index (χ0v) is 10.1. The lowest BCUT2D eigenvalue weighted by Gasteiger charge is -2.39. The molecule has 4 rings (SSSR count). The van der Waals surface area contributed by atoms with Crippen LogP contribution in [-0.4, -0.2) is 44.5 Å². The molecule has 1 fully saturated rings. The summed E-state index contributed by atoms with van der Waals surface area (Å²) in [6.45, 7) is 2.02. The number of nitrogens with zero attached hydrogens (tertiary/aromatic N) is 6. The summed E-state index contributed by atoms with van der Waals surface area (Å²) in [6, 6.07) is 0.0414. The minimum atomic E-state index is 0.0414. The molecule has 0 bridgehead atoms. The van der Waals surface area contributed by atoms with Crippen molar-refractivity contribution in [2.24, 2.45) is 0 Å². The van der Waals surface area contributed by atoms with Crippen molar-refractivity contribution in [3.05, 3.63) is 23.6 Å². The van der Waals surface area contributed by atoms with E-state index in [0.717, 1.165) is 23.9 Å². The van der Waals surface area contributed by atoms with E-state index in [1.807, 2.05) is 4.57 Å². The molecule has 0 N–H and O–H groups in total. The highest BCUT2D eigenvalue weighted by molar-refractivity contribution is 6.28. The fraction of sp³-hybridized carbons (Fsp3) is 0.400.